The highest BCUT2D eigenvalue weighted by Crippen LogP contribution is 2.26. The van der Waals surface area contributed by atoms with E-state index in [0.717, 1.165) is 15.7 Å². The van der Waals surface area contributed by atoms with Crippen molar-refractivity contribution in [3.05, 3.63) is 75.2 Å². The Morgan fingerprint density at radius 1 is 0.882 bits per heavy atom. The van der Waals surface area contributed by atoms with Gasteiger partial charge in [0.25, 0.3) is 5.56 Å². The second-order valence-electron chi connectivity index (χ2n) is 8.09. The quantitative estimate of drug-likeness (QED) is 0.550. The largest absolute Gasteiger partial charge is 0.497 e. The number of ether oxygens (including phenoxy) is 2. The maximum Gasteiger partial charge on any atom is 0.270 e. The number of carbonyl (C=O) groups excluding carboxylic acids is 1. The van der Waals surface area contributed by atoms with Crippen molar-refractivity contribution in [2.24, 2.45) is 0 Å². The molecule has 0 fully saturated rings. The smallest absolute Gasteiger partial charge is 0.270 e. The molecule has 1 heterocycles. The van der Waals surface area contributed by atoms with Crippen molar-refractivity contribution in [3.63, 3.8) is 0 Å². The van der Waals surface area contributed by atoms with Crippen LogP contribution in [-0.2, 0) is 21.2 Å². The van der Waals surface area contributed by atoms with Gasteiger partial charge in [0.1, 0.15) is 22.9 Å². The molecular weight excluding hydrogens is 456 g/mol. The van der Waals surface area contributed by atoms with Crippen LogP contribution in [0.2, 0.25) is 0 Å². The van der Waals surface area contributed by atoms with Crippen LogP contribution in [0.5, 0.6) is 11.5 Å². The van der Waals surface area contributed by atoms with Crippen molar-refractivity contribution in [1.29, 1.82) is 0 Å². The van der Waals surface area contributed by atoms with Crippen molar-refractivity contribution in [2.45, 2.75) is 44.0 Å². The van der Waals surface area contributed by atoms with Gasteiger partial charge >= 0.3 is 0 Å². The first-order chi connectivity index (χ1) is 16.0. The average Bonchev–Trinajstić information content (AvgIpc) is 2.77. The van der Waals surface area contributed by atoms with Crippen LogP contribution in [0.1, 0.15) is 22.4 Å². The lowest BCUT2D eigenvalue weighted by Crippen LogP contribution is -2.33. The number of hydrogen-bond acceptors (Lipinski definition) is 6. The summed E-state index contributed by atoms with van der Waals surface area (Å²) in [4.78, 5) is 25.8. The predicted octanol–water partition coefficient (Wildman–Crippen LogP) is 3.57. The number of sulfone groups is 1. The fourth-order valence-electron chi connectivity index (χ4n) is 3.65. The second kappa shape index (κ2) is 9.72. The number of hydrogen-bond donors (Lipinski definition) is 1. The minimum atomic E-state index is -4.09. The minimum Gasteiger partial charge on any atom is -0.497 e. The van der Waals surface area contributed by atoms with Gasteiger partial charge in [0.2, 0.25) is 15.7 Å². The zero-order valence-electron chi connectivity index (χ0n) is 20.1. The van der Waals surface area contributed by atoms with Gasteiger partial charge in [-0.25, -0.2) is 8.42 Å². The summed E-state index contributed by atoms with van der Waals surface area (Å²) in [5.74, 6) is 0.471. The van der Waals surface area contributed by atoms with Crippen LogP contribution in [0.25, 0.3) is 0 Å². The Morgan fingerprint density at radius 3 is 2.06 bits per heavy atom. The fraction of sp³-hybridized carbons (Fsp3) is 0.280. The molecule has 0 spiro atoms. The van der Waals surface area contributed by atoms with Gasteiger partial charge in [-0.1, -0.05) is 6.07 Å². The second-order valence-corrected chi connectivity index (χ2v) is 9.97. The topological polar surface area (TPSA) is 104 Å². The molecule has 0 aliphatic heterocycles. The molecule has 0 radical (unpaired) electrons. The van der Waals surface area contributed by atoms with Crippen LogP contribution in [-0.4, -0.2) is 33.1 Å². The lowest BCUT2D eigenvalue weighted by Gasteiger charge is -2.16. The van der Waals surface area contributed by atoms with Gasteiger partial charge in [-0.05, 0) is 62.6 Å². The molecule has 1 N–H and O–H groups in total. The highest BCUT2D eigenvalue weighted by atomic mass is 32.2. The Balaban J connectivity index is 1.99. The Labute approximate surface area is 199 Å². The first-order valence-corrected chi connectivity index (χ1v) is 12.0. The van der Waals surface area contributed by atoms with E-state index < -0.39 is 21.3 Å². The Morgan fingerprint density at radius 2 is 1.50 bits per heavy atom. The number of aromatic nitrogens is 1. The van der Waals surface area contributed by atoms with Crippen LogP contribution in [0, 0.1) is 27.7 Å². The van der Waals surface area contributed by atoms with Gasteiger partial charge in [-0.15, -0.1) is 0 Å². The fourth-order valence-corrected chi connectivity index (χ4v) is 5.29. The van der Waals surface area contributed by atoms with Crippen LogP contribution >= 0.6 is 0 Å². The van der Waals surface area contributed by atoms with E-state index in [4.69, 9.17) is 9.47 Å². The molecule has 1 amide bonds. The van der Waals surface area contributed by atoms with E-state index in [1.165, 1.54) is 20.3 Å². The molecule has 8 nitrogen and oxygen atoms in total. The van der Waals surface area contributed by atoms with Crippen molar-refractivity contribution in [1.82, 2.24) is 4.57 Å². The van der Waals surface area contributed by atoms with Gasteiger partial charge in [-0.2, -0.15) is 0 Å². The van der Waals surface area contributed by atoms with Gasteiger partial charge in [-0.3, -0.25) is 9.59 Å². The molecule has 0 aliphatic carbocycles. The number of benzene rings is 2. The van der Waals surface area contributed by atoms with Gasteiger partial charge in [0, 0.05) is 29.6 Å². The van der Waals surface area contributed by atoms with Gasteiger partial charge in [0.15, 0.2) is 0 Å². The van der Waals surface area contributed by atoms with Crippen LogP contribution in [0.4, 0.5) is 5.69 Å². The molecule has 3 aromatic rings. The molecule has 180 valence electrons. The third-order valence-electron chi connectivity index (χ3n) is 5.64. The molecule has 9 heteroatoms. The lowest BCUT2D eigenvalue weighted by molar-refractivity contribution is -0.116. The van der Waals surface area contributed by atoms with Crippen LogP contribution in [0.15, 0.2) is 57.1 Å². The zero-order valence-corrected chi connectivity index (χ0v) is 20.9. The van der Waals surface area contributed by atoms with Crippen molar-refractivity contribution in [2.75, 3.05) is 19.5 Å². The SMILES string of the molecule is COc1cc(NC(=O)Cn2c(C)cc(C)c(S(=O)(=O)c3ccc(C)c(C)c3)c2=O)cc(OC)c1. The van der Waals surface area contributed by atoms with Crippen LogP contribution < -0.4 is 20.3 Å². The maximum absolute atomic E-state index is 13.4. The van der Waals surface area contributed by atoms with E-state index in [0.29, 0.717) is 28.4 Å². The Hall–Kier alpha value is -3.59. The molecular formula is C25H28N2O6S. The number of aryl methyl sites for hydroxylation is 4. The molecule has 0 bridgehead atoms. The van der Waals surface area contributed by atoms with E-state index in [1.54, 1.807) is 50.2 Å². The summed E-state index contributed by atoms with van der Waals surface area (Å²) < 4.78 is 38.3. The van der Waals surface area contributed by atoms with E-state index in [2.05, 4.69) is 5.32 Å². The normalized spacial score (nSPS) is 11.2. The summed E-state index contributed by atoms with van der Waals surface area (Å²) >= 11 is 0. The molecule has 0 aliphatic rings. The summed E-state index contributed by atoms with van der Waals surface area (Å²) in [6, 6.07) is 11.2. The van der Waals surface area contributed by atoms with Crippen molar-refractivity contribution >= 4 is 21.4 Å². The van der Waals surface area contributed by atoms with Crippen molar-refractivity contribution < 1.29 is 22.7 Å². The summed E-state index contributed by atoms with van der Waals surface area (Å²) in [7, 11) is -1.10. The number of anilines is 1. The standard InChI is InChI=1S/C25H28N2O6S/c1-15-7-8-22(10-16(15)2)34(30,31)24-17(3)9-18(4)27(25(24)29)14-23(28)26-19-11-20(32-5)13-21(12-19)33-6/h7-13H,14H2,1-6H3,(H,26,28). The molecule has 3 rings (SSSR count). The van der Waals surface area contributed by atoms with Gasteiger partial charge < -0.3 is 19.4 Å². The molecule has 0 unspecified atom stereocenters. The summed E-state index contributed by atoms with van der Waals surface area (Å²) in [5, 5.41) is 2.70. The molecule has 1 aromatic heterocycles. The molecule has 0 atom stereocenters. The first-order valence-electron chi connectivity index (χ1n) is 10.5. The highest BCUT2D eigenvalue weighted by molar-refractivity contribution is 7.91. The zero-order chi connectivity index (χ0) is 25.2. The Bertz CT molecular complexity index is 1400. The molecule has 2 aromatic carbocycles. The summed E-state index contributed by atoms with van der Waals surface area (Å²) in [6.07, 6.45) is 0. The van der Waals surface area contributed by atoms with Crippen LogP contribution in [0.3, 0.4) is 0 Å². The van der Waals surface area contributed by atoms with Crippen molar-refractivity contribution in [3.8, 4) is 11.5 Å². The number of pyridine rings is 1. The molecule has 0 saturated heterocycles. The monoisotopic (exact) mass is 484 g/mol. The number of amides is 1. The maximum atomic E-state index is 13.4. The van der Waals surface area contributed by atoms with E-state index >= 15 is 0 Å². The van der Waals surface area contributed by atoms with E-state index in [1.807, 2.05) is 13.8 Å². The Kier molecular flexibility index (Phi) is 7.16. The summed E-state index contributed by atoms with van der Waals surface area (Å²) in [6.45, 7) is 6.57. The molecule has 0 saturated carbocycles. The van der Waals surface area contributed by atoms with E-state index in [-0.39, 0.29) is 16.3 Å². The average molecular weight is 485 g/mol. The van der Waals surface area contributed by atoms with Gasteiger partial charge in [0.05, 0.1) is 19.1 Å². The third-order valence-corrected chi connectivity index (χ3v) is 7.55. The number of carbonyl (C=O) groups is 1. The first kappa shape index (κ1) is 25.0. The lowest BCUT2D eigenvalue weighted by atomic mass is 10.1. The number of methoxy groups -OCH3 is 2. The predicted molar refractivity (Wildman–Crippen MR) is 130 cm³/mol. The third kappa shape index (κ3) is 4.99. The minimum absolute atomic E-state index is 0.0409. The van der Waals surface area contributed by atoms with E-state index in [9.17, 15) is 18.0 Å². The number of rotatable bonds is 7. The number of nitrogens with zero attached hydrogens (tertiary/aromatic N) is 1. The number of nitrogens with one attached hydrogen (secondary N) is 1. The highest BCUT2D eigenvalue weighted by Gasteiger charge is 2.26. The molecule has 34 heavy (non-hydrogen) atoms. The summed E-state index contributed by atoms with van der Waals surface area (Å²) in [5.41, 5.74) is 2.23.